The van der Waals surface area contributed by atoms with Gasteiger partial charge in [0.2, 0.25) is 0 Å². The Morgan fingerprint density at radius 2 is 2.00 bits per heavy atom. The highest BCUT2D eigenvalue weighted by atomic mass is 35.5. The predicted octanol–water partition coefficient (Wildman–Crippen LogP) is 4.49. The van der Waals surface area contributed by atoms with Gasteiger partial charge in [-0.1, -0.05) is 43.4 Å². The Morgan fingerprint density at radius 1 is 1.29 bits per heavy atom. The summed E-state index contributed by atoms with van der Waals surface area (Å²) in [5.74, 6) is 0.895. The number of benzene rings is 1. The number of hydrogen-bond donors (Lipinski definition) is 1. The molecule has 0 aliphatic heterocycles. The van der Waals surface area contributed by atoms with Gasteiger partial charge in [0.25, 0.3) is 0 Å². The number of rotatable bonds is 4. The van der Waals surface area contributed by atoms with Crippen molar-refractivity contribution in [1.82, 2.24) is 5.32 Å². The molecule has 1 atom stereocenters. The summed E-state index contributed by atoms with van der Waals surface area (Å²) in [5, 5.41) is 4.29. The van der Waals surface area contributed by atoms with E-state index in [1.165, 1.54) is 43.2 Å². The largest absolute Gasteiger partial charge is 0.313 e. The Hall–Kier alpha value is -0.530. The van der Waals surface area contributed by atoms with Crippen molar-refractivity contribution in [2.75, 3.05) is 7.05 Å². The highest BCUT2D eigenvalue weighted by Crippen LogP contribution is 2.33. The standard InChI is InChI=1S/C15H22ClN/c1-11-7-13(10-14(16)8-11)15(17-2)9-12-5-3-4-6-12/h7-8,10,12,15,17H,3-6,9H2,1-2H3. The predicted molar refractivity (Wildman–Crippen MR) is 74.6 cm³/mol. The molecule has 1 nitrogen and oxygen atoms in total. The normalized spacial score (nSPS) is 18.5. The number of aryl methyl sites for hydroxylation is 1. The van der Waals surface area contributed by atoms with Crippen molar-refractivity contribution in [3.63, 3.8) is 0 Å². The molecule has 1 fully saturated rings. The third-order valence-corrected chi connectivity index (χ3v) is 4.08. The summed E-state index contributed by atoms with van der Waals surface area (Å²) in [7, 11) is 2.05. The molecule has 1 saturated carbocycles. The lowest BCUT2D eigenvalue weighted by molar-refractivity contribution is 0.413. The van der Waals surface area contributed by atoms with Crippen LogP contribution in [0, 0.1) is 12.8 Å². The summed E-state index contributed by atoms with van der Waals surface area (Å²) in [6, 6.07) is 6.83. The topological polar surface area (TPSA) is 12.0 Å². The first kappa shape index (κ1) is 12.9. The second-order valence-electron chi connectivity index (χ2n) is 5.29. The Labute approximate surface area is 110 Å². The van der Waals surface area contributed by atoms with Crippen LogP contribution in [0.25, 0.3) is 0 Å². The van der Waals surface area contributed by atoms with Crippen molar-refractivity contribution >= 4 is 11.6 Å². The van der Waals surface area contributed by atoms with Crippen LogP contribution in [0.3, 0.4) is 0 Å². The lowest BCUT2D eigenvalue weighted by Crippen LogP contribution is -2.19. The Balaban J connectivity index is 2.10. The molecule has 0 heterocycles. The number of halogens is 1. The Kier molecular flexibility index (Phi) is 4.47. The van der Waals surface area contributed by atoms with Crippen LogP contribution in [0.5, 0.6) is 0 Å². The van der Waals surface area contributed by atoms with E-state index in [4.69, 9.17) is 11.6 Å². The fourth-order valence-corrected chi connectivity index (χ4v) is 3.26. The molecule has 0 radical (unpaired) electrons. The molecule has 1 N–H and O–H groups in total. The van der Waals surface area contributed by atoms with E-state index in [1.54, 1.807) is 0 Å². The van der Waals surface area contributed by atoms with Gasteiger partial charge in [0.15, 0.2) is 0 Å². The van der Waals surface area contributed by atoms with Crippen LogP contribution in [0.2, 0.25) is 5.02 Å². The van der Waals surface area contributed by atoms with Gasteiger partial charge >= 0.3 is 0 Å². The van der Waals surface area contributed by atoms with Crippen molar-refractivity contribution in [2.24, 2.45) is 5.92 Å². The molecule has 0 amide bonds. The van der Waals surface area contributed by atoms with E-state index >= 15 is 0 Å². The lowest BCUT2D eigenvalue weighted by Gasteiger charge is -2.21. The molecular formula is C15H22ClN. The molecule has 1 unspecified atom stereocenters. The van der Waals surface area contributed by atoms with Crippen molar-refractivity contribution in [1.29, 1.82) is 0 Å². The van der Waals surface area contributed by atoms with Crippen LogP contribution in [0.15, 0.2) is 18.2 Å². The number of hydrogen-bond acceptors (Lipinski definition) is 1. The Morgan fingerprint density at radius 3 is 2.59 bits per heavy atom. The summed E-state index contributed by atoms with van der Waals surface area (Å²) in [6.45, 7) is 2.11. The van der Waals surface area contributed by atoms with E-state index in [9.17, 15) is 0 Å². The van der Waals surface area contributed by atoms with Gasteiger partial charge in [0.1, 0.15) is 0 Å². The smallest absolute Gasteiger partial charge is 0.0411 e. The zero-order chi connectivity index (χ0) is 12.3. The molecular weight excluding hydrogens is 230 g/mol. The maximum absolute atomic E-state index is 6.14. The van der Waals surface area contributed by atoms with Crippen LogP contribution < -0.4 is 5.32 Å². The second-order valence-corrected chi connectivity index (χ2v) is 5.73. The molecule has 0 spiro atoms. The summed E-state index contributed by atoms with van der Waals surface area (Å²) in [4.78, 5) is 0. The van der Waals surface area contributed by atoms with Gasteiger partial charge in [-0.15, -0.1) is 0 Å². The van der Waals surface area contributed by atoms with Gasteiger partial charge in [-0.25, -0.2) is 0 Å². The van der Waals surface area contributed by atoms with E-state index in [0.29, 0.717) is 6.04 Å². The SMILES string of the molecule is CNC(CC1CCCC1)c1cc(C)cc(Cl)c1. The summed E-state index contributed by atoms with van der Waals surface area (Å²) in [6.07, 6.45) is 6.87. The molecule has 0 bridgehead atoms. The minimum absolute atomic E-state index is 0.454. The molecule has 1 aliphatic carbocycles. The summed E-state index contributed by atoms with van der Waals surface area (Å²) in [5.41, 5.74) is 2.59. The maximum atomic E-state index is 6.14. The third-order valence-electron chi connectivity index (χ3n) is 3.86. The third kappa shape index (κ3) is 3.46. The van der Waals surface area contributed by atoms with Crippen LogP contribution in [-0.2, 0) is 0 Å². The van der Waals surface area contributed by atoms with Gasteiger partial charge < -0.3 is 5.32 Å². The molecule has 17 heavy (non-hydrogen) atoms. The van der Waals surface area contributed by atoms with E-state index in [1.807, 2.05) is 6.07 Å². The fourth-order valence-electron chi connectivity index (χ4n) is 2.97. The monoisotopic (exact) mass is 251 g/mol. The Bertz CT molecular complexity index is 349. The molecule has 0 saturated heterocycles. The molecule has 1 aromatic rings. The van der Waals surface area contributed by atoms with Gasteiger partial charge in [-0.05, 0) is 49.6 Å². The number of nitrogens with one attached hydrogen (secondary N) is 1. The molecule has 2 heteroatoms. The van der Waals surface area contributed by atoms with E-state index in [-0.39, 0.29) is 0 Å². The van der Waals surface area contributed by atoms with Crippen molar-refractivity contribution < 1.29 is 0 Å². The van der Waals surface area contributed by atoms with Gasteiger partial charge in [0, 0.05) is 11.1 Å². The molecule has 2 rings (SSSR count). The minimum Gasteiger partial charge on any atom is -0.313 e. The molecule has 1 aromatic carbocycles. The minimum atomic E-state index is 0.454. The van der Waals surface area contributed by atoms with Crippen LogP contribution in [0.1, 0.15) is 49.3 Å². The fraction of sp³-hybridized carbons (Fsp3) is 0.600. The van der Waals surface area contributed by atoms with E-state index in [2.05, 4.69) is 31.4 Å². The zero-order valence-electron chi connectivity index (χ0n) is 10.8. The van der Waals surface area contributed by atoms with Crippen LogP contribution >= 0.6 is 11.6 Å². The molecule has 1 aliphatic rings. The van der Waals surface area contributed by atoms with Crippen molar-refractivity contribution in [2.45, 2.75) is 45.1 Å². The first-order chi connectivity index (χ1) is 8.19. The molecule has 94 valence electrons. The first-order valence-corrected chi connectivity index (χ1v) is 7.01. The van der Waals surface area contributed by atoms with Crippen molar-refractivity contribution in [3.8, 4) is 0 Å². The lowest BCUT2D eigenvalue weighted by atomic mass is 9.93. The van der Waals surface area contributed by atoms with Gasteiger partial charge in [-0.2, -0.15) is 0 Å². The van der Waals surface area contributed by atoms with E-state index < -0.39 is 0 Å². The highest BCUT2D eigenvalue weighted by Gasteiger charge is 2.20. The highest BCUT2D eigenvalue weighted by molar-refractivity contribution is 6.30. The first-order valence-electron chi connectivity index (χ1n) is 6.63. The molecule has 0 aromatic heterocycles. The zero-order valence-corrected chi connectivity index (χ0v) is 11.6. The quantitative estimate of drug-likeness (QED) is 0.832. The van der Waals surface area contributed by atoms with Gasteiger partial charge in [0.05, 0.1) is 0 Å². The maximum Gasteiger partial charge on any atom is 0.0411 e. The van der Waals surface area contributed by atoms with E-state index in [0.717, 1.165) is 10.9 Å². The summed E-state index contributed by atoms with van der Waals surface area (Å²) >= 11 is 6.14. The average Bonchev–Trinajstić information content (AvgIpc) is 2.77. The van der Waals surface area contributed by atoms with Crippen molar-refractivity contribution in [3.05, 3.63) is 34.3 Å². The second kappa shape index (κ2) is 5.88. The van der Waals surface area contributed by atoms with Crippen LogP contribution in [0.4, 0.5) is 0 Å². The van der Waals surface area contributed by atoms with Crippen LogP contribution in [-0.4, -0.2) is 7.05 Å². The van der Waals surface area contributed by atoms with Gasteiger partial charge in [-0.3, -0.25) is 0 Å². The summed E-state index contributed by atoms with van der Waals surface area (Å²) < 4.78 is 0. The average molecular weight is 252 g/mol.